The number of benzene rings is 6. The van der Waals surface area contributed by atoms with Crippen LogP contribution in [-0.4, -0.2) is 65.5 Å². The van der Waals surface area contributed by atoms with Gasteiger partial charge in [-0.1, -0.05) is 49.5 Å². The van der Waals surface area contributed by atoms with Gasteiger partial charge in [0.05, 0.1) is 45.1 Å². The number of aryl methyl sites for hydroxylation is 3. The third-order valence-electron chi connectivity index (χ3n) is 8.94. The van der Waals surface area contributed by atoms with Gasteiger partial charge in [0.1, 0.15) is 17.2 Å². The zero-order chi connectivity index (χ0) is 50.1. The number of methoxy groups -OCH3 is 4. The summed E-state index contributed by atoms with van der Waals surface area (Å²) in [7, 11) is 6.02. The van der Waals surface area contributed by atoms with Gasteiger partial charge in [0.25, 0.3) is 0 Å². The van der Waals surface area contributed by atoms with Gasteiger partial charge in [-0.2, -0.15) is 0 Å². The van der Waals surface area contributed by atoms with Crippen LogP contribution < -0.4 is 9.47 Å². The largest absolute Gasteiger partial charge is 0.508 e. The number of hydrogen-bond acceptors (Lipinski definition) is 9. The second-order valence-corrected chi connectivity index (χ2v) is 21.4. The Labute approximate surface area is 438 Å². The highest BCUT2D eigenvalue weighted by Gasteiger charge is 2.12. The molecule has 354 valence electrons. The van der Waals surface area contributed by atoms with E-state index in [1.54, 1.807) is 69.7 Å². The zero-order valence-electron chi connectivity index (χ0n) is 37.7. The molecule has 0 atom stereocenters. The molecule has 15 heteroatoms. The molecule has 0 amide bonds. The normalized spacial score (nSPS) is 9.26. The van der Waals surface area contributed by atoms with E-state index in [-0.39, 0.29) is 46.1 Å². The topological polar surface area (TPSA) is 146 Å². The van der Waals surface area contributed by atoms with E-state index in [4.69, 9.17) is 25.7 Å². The quantitative estimate of drug-likeness (QED) is 0.0496. The molecule has 0 heterocycles. The van der Waals surface area contributed by atoms with E-state index >= 15 is 0 Å². The number of phenols is 1. The molecule has 6 rings (SSSR count). The molecule has 68 heavy (non-hydrogen) atoms. The molecule has 0 aliphatic carbocycles. The van der Waals surface area contributed by atoms with Crippen molar-refractivity contribution < 1.29 is 48.3 Å². The molecule has 0 spiro atoms. The molecule has 0 fully saturated rings. The Balaban J connectivity index is 0.000000455. The second-order valence-electron chi connectivity index (χ2n) is 13.7. The Hall–Kier alpha value is -5.85. The first-order valence-electron chi connectivity index (χ1n) is 19.7. The third kappa shape index (κ3) is 21.8. The monoisotopic (exact) mass is 1220 g/mol. The highest BCUT2D eigenvalue weighted by Crippen LogP contribution is 2.20. The van der Waals surface area contributed by atoms with E-state index in [0.29, 0.717) is 27.8 Å². The Bertz CT molecular complexity index is 2740. The van der Waals surface area contributed by atoms with Crippen LogP contribution in [0.25, 0.3) is 0 Å². The highest BCUT2D eigenvalue weighted by atomic mass is 127. The number of esters is 2. The summed E-state index contributed by atoms with van der Waals surface area (Å²) in [6.45, 7) is 5.70. The predicted octanol–water partition coefficient (Wildman–Crippen LogP) is 12.9. The van der Waals surface area contributed by atoms with Crippen LogP contribution in [0.1, 0.15) is 87.8 Å². The van der Waals surface area contributed by atoms with Crippen LogP contribution >= 0.6 is 69.9 Å². The van der Waals surface area contributed by atoms with Gasteiger partial charge in [-0.15, -0.1) is 53.7 Å². The summed E-state index contributed by atoms with van der Waals surface area (Å²) in [5.74, 6) is 8.76. The lowest BCUT2D eigenvalue weighted by atomic mass is 9.98. The molecule has 0 bridgehead atoms. The lowest BCUT2D eigenvalue weighted by Crippen LogP contribution is -2.06. The Morgan fingerprint density at radius 2 is 1.15 bits per heavy atom. The molecule has 6 aromatic rings. The van der Waals surface area contributed by atoms with Crippen molar-refractivity contribution in [3.63, 3.8) is 0 Å². The number of terminal acetylenes is 1. The van der Waals surface area contributed by atoms with Crippen molar-refractivity contribution in [3.05, 3.63) is 192 Å². The number of carbonyl (C=O) groups is 4. The van der Waals surface area contributed by atoms with Crippen LogP contribution in [-0.2, 0) is 15.9 Å². The Kier molecular flexibility index (Phi) is 28.3. The number of aromatic hydroxyl groups is 1. The van der Waals surface area contributed by atoms with E-state index in [0.717, 1.165) is 42.9 Å². The summed E-state index contributed by atoms with van der Waals surface area (Å²) in [5.41, 5.74) is 7.89. The number of ether oxygens (including phenoxy) is 4. The van der Waals surface area contributed by atoms with Crippen molar-refractivity contribution in [1.82, 2.24) is 0 Å². The number of Topliss-reactive ketones (excluding diaryl/α,β-unsaturated/α-hetero) is 1. The van der Waals surface area contributed by atoms with Gasteiger partial charge < -0.3 is 29.2 Å². The summed E-state index contributed by atoms with van der Waals surface area (Å²) in [6.07, 6.45) is 5.38. The van der Waals surface area contributed by atoms with Crippen molar-refractivity contribution in [2.45, 2.75) is 34.6 Å². The first kappa shape index (κ1) is 60.2. The number of rotatable bonds is 8. The maximum atomic E-state index is 12.2. The first-order valence-corrected chi connectivity index (χ1v) is 23.6. The zero-order valence-corrected chi connectivity index (χ0v) is 44.6. The molecular formula is C53H51BBr3IO10. The molecule has 0 radical (unpaired) electrons. The van der Waals surface area contributed by atoms with E-state index in [2.05, 4.69) is 92.4 Å². The number of carboxylic acid groups (broad SMARTS) is 1. The van der Waals surface area contributed by atoms with Gasteiger partial charge >= 0.3 is 21.1 Å². The molecule has 0 aliphatic rings. The average Bonchev–Trinajstić information content (AvgIpc) is 3.31. The molecule has 0 saturated heterocycles. The fourth-order valence-corrected chi connectivity index (χ4v) is 6.14. The van der Waals surface area contributed by atoms with Gasteiger partial charge in [0, 0.05) is 32.2 Å². The number of phenolic OH excluding ortho intramolecular Hbond substituents is 1. The molecule has 0 unspecified atom stereocenters. The summed E-state index contributed by atoms with van der Waals surface area (Å²) in [4.78, 5) is 45.5. The minimum absolute atomic E-state index is 0. The van der Waals surface area contributed by atoms with Gasteiger partial charge in [-0.3, -0.25) is 4.79 Å². The molecule has 0 aromatic heterocycles. The van der Waals surface area contributed by atoms with E-state index < -0.39 is 5.97 Å². The van der Waals surface area contributed by atoms with Gasteiger partial charge in [-0.05, 0) is 169 Å². The average molecular weight is 1230 g/mol. The van der Waals surface area contributed by atoms with Gasteiger partial charge in [-0.25, -0.2) is 14.4 Å². The first-order chi connectivity index (χ1) is 31.8. The van der Waals surface area contributed by atoms with Crippen LogP contribution in [0, 0.1) is 48.5 Å². The van der Waals surface area contributed by atoms with Gasteiger partial charge in [0.2, 0.25) is 0 Å². The molecule has 0 aliphatic heterocycles. The molecule has 6 aromatic carbocycles. The Morgan fingerprint density at radius 3 is 1.63 bits per heavy atom. The highest BCUT2D eigenvalue weighted by molar-refractivity contribution is 14.1. The van der Waals surface area contributed by atoms with Crippen molar-refractivity contribution in [2.24, 2.45) is 0 Å². The fraction of sp³-hybridized carbons (Fsp3) is 0.170. The van der Waals surface area contributed by atoms with E-state index in [1.165, 1.54) is 38.5 Å². The van der Waals surface area contributed by atoms with Crippen LogP contribution in [0.5, 0.6) is 17.2 Å². The number of hydrogen-bond donors (Lipinski definition) is 2. The van der Waals surface area contributed by atoms with Crippen molar-refractivity contribution in [3.8, 4) is 41.4 Å². The van der Waals surface area contributed by atoms with Gasteiger partial charge in [0.15, 0.2) is 5.78 Å². The maximum Gasteiger partial charge on any atom is 0.369 e. The molecular weight excluding hydrogens is 1170 g/mol. The fourth-order valence-electron chi connectivity index (χ4n) is 5.60. The number of aromatic carboxylic acids is 1. The summed E-state index contributed by atoms with van der Waals surface area (Å²) in [6, 6.07) is 36.6. The second kappa shape index (κ2) is 32.0. The number of halogens is 4. The summed E-state index contributed by atoms with van der Waals surface area (Å²) >= 11 is 11.5. The number of carbonyl (C=O) groups excluding carboxylic acids is 3. The predicted molar refractivity (Wildman–Crippen MR) is 291 cm³/mol. The van der Waals surface area contributed by atoms with E-state index in [1.807, 2.05) is 68.4 Å². The molecule has 0 saturated carbocycles. The van der Waals surface area contributed by atoms with Crippen LogP contribution in [0.3, 0.4) is 0 Å². The lowest BCUT2D eigenvalue weighted by Gasteiger charge is -2.06. The smallest absolute Gasteiger partial charge is 0.369 e. The van der Waals surface area contributed by atoms with Crippen LogP contribution in [0.4, 0.5) is 0 Å². The van der Waals surface area contributed by atoms with Crippen molar-refractivity contribution in [2.75, 3.05) is 28.4 Å². The van der Waals surface area contributed by atoms with E-state index in [9.17, 15) is 24.3 Å². The molecule has 2 N–H and O–H groups in total. The lowest BCUT2D eigenvalue weighted by molar-refractivity contribution is 0.0592. The maximum absolute atomic E-state index is 12.2. The SMILES string of the molecule is BrB(Br)Br.C.C#Cc1ccc(OC)cc1C.COC(=O)c1cccc(C#Cc2ccc(OC)cc2C)c1.COC(=O)c1cccc(I)c1.Cc1cc(O)ccc1C(=O)Cc1cccc(C(=O)O)c1. The summed E-state index contributed by atoms with van der Waals surface area (Å²) < 4.78 is 20.7. The molecule has 10 nitrogen and oxygen atoms in total. The summed E-state index contributed by atoms with van der Waals surface area (Å²) in [5, 5.41) is 18.3. The number of carboxylic acids is 1. The van der Waals surface area contributed by atoms with Crippen LogP contribution in [0.15, 0.2) is 127 Å². The van der Waals surface area contributed by atoms with Crippen LogP contribution in [0.2, 0.25) is 0 Å². The minimum Gasteiger partial charge on any atom is -0.508 e. The Morgan fingerprint density at radius 1 is 0.632 bits per heavy atom. The van der Waals surface area contributed by atoms with Crippen molar-refractivity contribution >= 4 is 96.7 Å². The minimum atomic E-state index is -1.01. The number of ketones is 1. The third-order valence-corrected chi connectivity index (χ3v) is 9.61. The van der Waals surface area contributed by atoms with Crippen molar-refractivity contribution in [1.29, 1.82) is 0 Å². The standard InChI is InChI=1S/C18H16O3.C16H14O4.C10H10O.C8H7IO2.CH4.BBr3/c1-13-11-17(20-2)10-9-15(13)8-7-14-5-4-6-16(12-14)18(19)21-3;1-10-7-13(17)5-6-14(10)15(18)9-11-3-2-4-12(8-11)16(19)20;1-4-9-5-6-10(11-3)7-8(9)2;1-11-8(10)6-3-2-4-7(9)5-6;;2-1(3)4/h4-6,9-12H,1-3H3;2-8,17H,9H2,1H3,(H,19,20);1,5-7H,2-3H3;2-5H,1H3;1H4;.